The van der Waals surface area contributed by atoms with Crippen LogP contribution in [-0.4, -0.2) is 0 Å². The molecule has 30 heavy (non-hydrogen) atoms. The van der Waals surface area contributed by atoms with Gasteiger partial charge in [-0.1, -0.05) is 78.9 Å². The van der Waals surface area contributed by atoms with E-state index in [0.717, 1.165) is 5.69 Å². The second-order valence-corrected chi connectivity index (χ2v) is 8.39. The SMILES string of the molecule is Nc1ccc2c(c1)C1(c3ccccc3-c3ccccc31)c1cc3ccccc3cc1-2. The Morgan fingerprint density at radius 3 is 1.67 bits per heavy atom. The fourth-order valence-electron chi connectivity index (χ4n) is 5.84. The largest absolute Gasteiger partial charge is 0.399 e. The van der Waals surface area contributed by atoms with E-state index < -0.39 is 0 Å². The predicted molar refractivity (Wildman–Crippen MR) is 125 cm³/mol. The third-order valence-corrected chi connectivity index (χ3v) is 6.98. The lowest BCUT2D eigenvalue weighted by molar-refractivity contribution is 0.795. The van der Waals surface area contributed by atoms with Gasteiger partial charge in [0.15, 0.2) is 0 Å². The summed E-state index contributed by atoms with van der Waals surface area (Å²) in [6.07, 6.45) is 0. The number of hydrogen-bond acceptors (Lipinski definition) is 1. The molecule has 0 amide bonds. The molecule has 5 aromatic carbocycles. The Kier molecular flexibility index (Phi) is 2.88. The summed E-state index contributed by atoms with van der Waals surface area (Å²) in [5, 5.41) is 2.55. The molecule has 2 aliphatic carbocycles. The Morgan fingerprint density at radius 1 is 0.433 bits per heavy atom. The summed E-state index contributed by atoms with van der Waals surface area (Å²) in [7, 11) is 0. The maximum absolute atomic E-state index is 6.36. The van der Waals surface area contributed by atoms with Crippen LogP contribution in [0.2, 0.25) is 0 Å². The molecule has 0 atom stereocenters. The predicted octanol–water partition coefficient (Wildman–Crippen LogP) is 6.77. The van der Waals surface area contributed by atoms with Gasteiger partial charge >= 0.3 is 0 Å². The molecule has 0 bridgehead atoms. The van der Waals surface area contributed by atoms with E-state index in [1.54, 1.807) is 0 Å². The van der Waals surface area contributed by atoms with Crippen LogP contribution in [0.25, 0.3) is 33.0 Å². The normalized spacial score (nSPS) is 14.4. The number of nitrogens with two attached hydrogens (primary N) is 1. The number of nitrogen functional groups attached to an aromatic ring is 1. The van der Waals surface area contributed by atoms with E-state index in [0.29, 0.717) is 0 Å². The van der Waals surface area contributed by atoms with E-state index in [2.05, 4.69) is 97.1 Å². The summed E-state index contributed by atoms with van der Waals surface area (Å²) in [6, 6.07) is 37.6. The van der Waals surface area contributed by atoms with Crippen molar-refractivity contribution in [1.82, 2.24) is 0 Å². The van der Waals surface area contributed by atoms with Gasteiger partial charge in [0.25, 0.3) is 0 Å². The van der Waals surface area contributed by atoms with Crippen molar-refractivity contribution < 1.29 is 0 Å². The van der Waals surface area contributed by atoms with Gasteiger partial charge in [-0.2, -0.15) is 0 Å². The lowest BCUT2D eigenvalue weighted by Gasteiger charge is -2.30. The highest BCUT2D eigenvalue weighted by atomic mass is 14.6. The first-order valence-electron chi connectivity index (χ1n) is 10.4. The standard InChI is InChI=1S/C29H19N/c30-20-13-14-23-24-15-18-7-1-2-8-19(18)16-27(24)29(28(23)17-20)25-11-5-3-9-21(25)22-10-4-6-12-26(22)29/h1-17H,30H2. The minimum atomic E-state index is -0.322. The highest BCUT2D eigenvalue weighted by molar-refractivity contribution is 6.00. The van der Waals surface area contributed by atoms with Crippen molar-refractivity contribution in [2.75, 3.05) is 5.73 Å². The summed E-state index contributed by atoms with van der Waals surface area (Å²) in [6.45, 7) is 0. The molecule has 0 heterocycles. The Morgan fingerprint density at radius 2 is 0.967 bits per heavy atom. The van der Waals surface area contributed by atoms with Crippen molar-refractivity contribution in [2.45, 2.75) is 5.41 Å². The second kappa shape index (κ2) is 5.40. The van der Waals surface area contributed by atoms with Gasteiger partial charge in [-0.05, 0) is 79.5 Å². The van der Waals surface area contributed by atoms with Crippen LogP contribution in [0.1, 0.15) is 22.3 Å². The molecular weight excluding hydrogens is 362 g/mol. The van der Waals surface area contributed by atoms with Crippen molar-refractivity contribution >= 4 is 16.5 Å². The third kappa shape index (κ3) is 1.75. The number of anilines is 1. The fraction of sp³-hybridized carbons (Fsp3) is 0.0345. The summed E-state index contributed by atoms with van der Waals surface area (Å²) in [4.78, 5) is 0. The van der Waals surface area contributed by atoms with Gasteiger partial charge in [0, 0.05) is 5.69 Å². The minimum Gasteiger partial charge on any atom is -0.399 e. The van der Waals surface area contributed by atoms with Gasteiger partial charge in [0.05, 0.1) is 5.41 Å². The Bertz CT molecular complexity index is 1460. The van der Waals surface area contributed by atoms with Crippen molar-refractivity contribution in [3.05, 3.63) is 125 Å². The summed E-state index contributed by atoms with van der Waals surface area (Å²) < 4.78 is 0. The van der Waals surface area contributed by atoms with Gasteiger partial charge in [-0.25, -0.2) is 0 Å². The van der Waals surface area contributed by atoms with Gasteiger partial charge in [0.1, 0.15) is 0 Å². The molecule has 0 saturated heterocycles. The monoisotopic (exact) mass is 381 g/mol. The van der Waals surface area contributed by atoms with Gasteiger partial charge in [-0.15, -0.1) is 0 Å². The van der Waals surface area contributed by atoms with E-state index in [1.807, 2.05) is 6.07 Å². The van der Waals surface area contributed by atoms with E-state index in [1.165, 1.54) is 55.3 Å². The number of fused-ring (bicyclic) bond motifs is 11. The lowest BCUT2D eigenvalue weighted by atomic mass is 9.70. The lowest BCUT2D eigenvalue weighted by Crippen LogP contribution is -2.26. The van der Waals surface area contributed by atoms with Crippen LogP contribution < -0.4 is 5.73 Å². The minimum absolute atomic E-state index is 0.322. The molecule has 0 fully saturated rings. The van der Waals surface area contributed by atoms with Gasteiger partial charge in [0.2, 0.25) is 0 Å². The Balaban J connectivity index is 1.74. The molecule has 2 N–H and O–H groups in total. The highest BCUT2D eigenvalue weighted by Crippen LogP contribution is 2.63. The zero-order valence-corrected chi connectivity index (χ0v) is 16.4. The molecule has 0 radical (unpaired) electrons. The molecule has 1 nitrogen and oxygen atoms in total. The molecule has 0 aliphatic heterocycles. The average molecular weight is 381 g/mol. The van der Waals surface area contributed by atoms with Gasteiger partial charge < -0.3 is 5.73 Å². The van der Waals surface area contributed by atoms with Crippen LogP contribution in [0.4, 0.5) is 5.69 Å². The molecule has 1 heteroatoms. The molecule has 2 aliphatic rings. The number of hydrogen-bond donors (Lipinski definition) is 1. The van der Waals surface area contributed by atoms with Crippen molar-refractivity contribution in [3.63, 3.8) is 0 Å². The molecule has 0 aromatic heterocycles. The first kappa shape index (κ1) is 16.0. The molecular formula is C29H19N. The zero-order valence-electron chi connectivity index (χ0n) is 16.4. The van der Waals surface area contributed by atoms with Crippen LogP contribution in [0.5, 0.6) is 0 Å². The van der Waals surface area contributed by atoms with Crippen LogP contribution in [0, 0.1) is 0 Å². The van der Waals surface area contributed by atoms with Crippen LogP contribution in [0.15, 0.2) is 103 Å². The van der Waals surface area contributed by atoms with Crippen molar-refractivity contribution in [1.29, 1.82) is 0 Å². The Labute approximate surface area is 175 Å². The molecule has 1 spiro atoms. The quantitative estimate of drug-likeness (QED) is 0.288. The maximum Gasteiger partial charge on any atom is 0.0726 e. The van der Waals surface area contributed by atoms with Crippen LogP contribution in [0.3, 0.4) is 0 Å². The van der Waals surface area contributed by atoms with E-state index in [-0.39, 0.29) is 5.41 Å². The summed E-state index contributed by atoms with van der Waals surface area (Å²) in [5.41, 5.74) is 17.5. The van der Waals surface area contributed by atoms with E-state index in [4.69, 9.17) is 5.73 Å². The maximum atomic E-state index is 6.36. The molecule has 7 rings (SSSR count). The van der Waals surface area contributed by atoms with Crippen molar-refractivity contribution in [2.24, 2.45) is 0 Å². The van der Waals surface area contributed by atoms with E-state index in [9.17, 15) is 0 Å². The van der Waals surface area contributed by atoms with Gasteiger partial charge in [-0.3, -0.25) is 0 Å². The van der Waals surface area contributed by atoms with Crippen molar-refractivity contribution in [3.8, 4) is 22.3 Å². The Hall–Kier alpha value is -3.84. The zero-order chi connectivity index (χ0) is 19.9. The highest BCUT2D eigenvalue weighted by Gasteiger charge is 2.51. The number of benzene rings is 5. The molecule has 5 aromatic rings. The van der Waals surface area contributed by atoms with Crippen LogP contribution in [-0.2, 0) is 5.41 Å². The second-order valence-electron chi connectivity index (χ2n) is 8.39. The first-order valence-corrected chi connectivity index (χ1v) is 10.4. The molecule has 140 valence electrons. The topological polar surface area (TPSA) is 26.0 Å². The van der Waals surface area contributed by atoms with E-state index >= 15 is 0 Å². The summed E-state index contributed by atoms with van der Waals surface area (Å²) in [5.74, 6) is 0. The number of rotatable bonds is 0. The first-order chi connectivity index (χ1) is 14.8. The average Bonchev–Trinajstić information content (AvgIpc) is 3.24. The summed E-state index contributed by atoms with van der Waals surface area (Å²) >= 11 is 0. The molecule has 0 saturated carbocycles. The third-order valence-electron chi connectivity index (χ3n) is 6.98. The fourth-order valence-corrected chi connectivity index (χ4v) is 5.84. The molecule has 0 unspecified atom stereocenters. The van der Waals surface area contributed by atoms with Crippen LogP contribution >= 0.6 is 0 Å². The smallest absolute Gasteiger partial charge is 0.0726 e.